The molecule has 9 nitrogen and oxygen atoms in total. The zero-order valence-electron chi connectivity index (χ0n) is 12.8. The number of carboxylic acid groups (broad SMARTS) is 1. The van der Waals surface area contributed by atoms with E-state index in [0.717, 1.165) is 0 Å². The topological polar surface area (TPSA) is 146 Å². The van der Waals surface area contributed by atoms with Crippen molar-refractivity contribution in [3.8, 4) is 5.75 Å². The lowest BCUT2D eigenvalue weighted by molar-refractivity contribution is -0.244. The minimum absolute atomic E-state index is 0.0365. The minimum Gasteiger partial charge on any atom is -0.478 e. The van der Waals surface area contributed by atoms with Crippen LogP contribution in [0, 0.1) is 0 Å². The van der Waals surface area contributed by atoms with E-state index in [1.165, 1.54) is 25.1 Å². The van der Waals surface area contributed by atoms with Gasteiger partial charge in [0.25, 0.3) is 0 Å². The zero-order valence-corrected chi connectivity index (χ0v) is 12.8. The smallest absolute Gasteiger partial charge is 0.339 e. The van der Waals surface area contributed by atoms with Crippen molar-refractivity contribution in [1.29, 1.82) is 0 Å². The minimum atomic E-state index is -1.47. The van der Waals surface area contributed by atoms with E-state index in [2.05, 4.69) is 5.32 Å². The molecule has 0 spiro atoms. The van der Waals surface area contributed by atoms with Crippen molar-refractivity contribution >= 4 is 11.9 Å². The molecule has 5 atom stereocenters. The fraction of sp³-hybridized carbons (Fsp3) is 0.467. The van der Waals surface area contributed by atoms with Crippen LogP contribution in [0.2, 0.25) is 0 Å². The van der Waals surface area contributed by atoms with E-state index in [0.29, 0.717) is 0 Å². The van der Waals surface area contributed by atoms with Gasteiger partial charge in [0.2, 0.25) is 12.2 Å². The van der Waals surface area contributed by atoms with Gasteiger partial charge in [-0.05, 0) is 12.1 Å². The number of aliphatic hydroxyl groups is 3. The highest BCUT2D eigenvalue weighted by molar-refractivity contribution is 5.90. The third-order valence-electron chi connectivity index (χ3n) is 3.61. The highest BCUT2D eigenvalue weighted by atomic mass is 16.7. The summed E-state index contributed by atoms with van der Waals surface area (Å²) < 4.78 is 10.9. The maximum absolute atomic E-state index is 11.3. The maximum Gasteiger partial charge on any atom is 0.339 e. The number of hydrogen-bond acceptors (Lipinski definition) is 7. The predicted octanol–water partition coefficient (Wildman–Crippen LogP) is -1.29. The third-order valence-corrected chi connectivity index (χ3v) is 3.61. The number of hydrogen-bond donors (Lipinski definition) is 5. The number of nitrogens with one attached hydrogen (secondary N) is 1. The molecule has 132 valence electrons. The zero-order chi connectivity index (χ0) is 17.9. The lowest BCUT2D eigenvalue weighted by Crippen LogP contribution is -2.65. The standard InChI is InChI=1S/C15H19NO8/c1-7(18)16-11-13(20)12(19)10(6-17)24-15(11)23-9-5-3-2-4-8(9)14(21)22/h2-5,10-13,15,17,19-20H,6H2,1H3,(H,16,18)(H,21,22)/t10-,11+,12+,13+,15+/m1/s1. The first-order valence-corrected chi connectivity index (χ1v) is 7.23. The predicted molar refractivity (Wildman–Crippen MR) is 79.4 cm³/mol. The SMILES string of the molecule is CC(=O)N[C@@H]1[C@@H](Oc2ccccc2C(=O)O)O[C@H](CO)[C@H](O)[C@H]1O. The van der Waals surface area contributed by atoms with Crippen molar-refractivity contribution < 1.29 is 39.5 Å². The quantitative estimate of drug-likeness (QED) is 0.445. The van der Waals surface area contributed by atoms with Gasteiger partial charge in [0.05, 0.1) is 6.61 Å². The molecule has 1 fully saturated rings. The number of aliphatic hydroxyl groups excluding tert-OH is 3. The molecule has 5 N–H and O–H groups in total. The molecule has 0 radical (unpaired) electrons. The number of benzene rings is 1. The van der Waals surface area contributed by atoms with Crippen molar-refractivity contribution in [2.24, 2.45) is 0 Å². The first-order chi connectivity index (χ1) is 11.3. The van der Waals surface area contributed by atoms with Crippen LogP contribution in [-0.2, 0) is 9.53 Å². The molecule has 1 heterocycles. The third kappa shape index (κ3) is 3.82. The average molecular weight is 341 g/mol. The van der Waals surface area contributed by atoms with Crippen LogP contribution in [0.3, 0.4) is 0 Å². The summed E-state index contributed by atoms with van der Waals surface area (Å²) in [7, 11) is 0. The molecular weight excluding hydrogens is 322 g/mol. The molecule has 1 amide bonds. The number of carbonyl (C=O) groups excluding carboxylic acids is 1. The van der Waals surface area contributed by atoms with Crippen LogP contribution in [0.4, 0.5) is 0 Å². The fourth-order valence-corrected chi connectivity index (χ4v) is 2.44. The summed E-state index contributed by atoms with van der Waals surface area (Å²) in [5.41, 5.74) is -0.135. The Morgan fingerprint density at radius 3 is 2.50 bits per heavy atom. The second-order valence-corrected chi connectivity index (χ2v) is 5.35. The first-order valence-electron chi connectivity index (χ1n) is 7.23. The van der Waals surface area contributed by atoms with Gasteiger partial charge in [-0.1, -0.05) is 12.1 Å². The Balaban J connectivity index is 2.30. The van der Waals surface area contributed by atoms with Crippen LogP contribution >= 0.6 is 0 Å². The van der Waals surface area contributed by atoms with Crippen LogP contribution < -0.4 is 10.1 Å². The van der Waals surface area contributed by atoms with E-state index in [9.17, 15) is 30.0 Å². The molecule has 1 aromatic carbocycles. The van der Waals surface area contributed by atoms with Crippen LogP contribution in [0.25, 0.3) is 0 Å². The lowest BCUT2D eigenvalue weighted by atomic mass is 9.97. The summed E-state index contributed by atoms with van der Waals surface area (Å²) in [6.45, 7) is 0.616. The second kappa shape index (κ2) is 7.58. The summed E-state index contributed by atoms with van der Waals surface area (Å²) in [4.78, 5) is 22.6. The number of carbonyl (C=O) groups is 2. The molecule has 0 saturated carbocycles. The van der Waals surface area contributed by atoms with Crippen LogP contribution in [0.15, 0.2) is 24.3 Å². The first kappa shape index (κ1) is 18.1. The van der Waals surface area contributed by atoms with E-state index in [1.807, 2.05) is 0 Å². The van der Waals surface area contributed by atoms with Gasteiger partial charge in [0.1, 0.15) is 35.7 Å². The Kier molecular flexibility index (Phi) is 5.73. The van der Waals surface area contributed by atoms with Crippen molar-refractivity contribution in [1.82, 2.24) is 5.32 Å². The molecule has 1 saturated heterocycles. The molecule has 1 aliphatic rings. The monoisotopic (exact) mass is 341 g/mol. The van der Waals surface area contributed by atoms with Gasteiger partial charge in [-0.25, -0.2) is 4.79 Å². The Bertz CT molecular complexity index is 607. The van der Waals surface area contributed by atoms with Gasteiger partial charge in [-0.2, -0.15) is 0 Å². The van der Waals surface area contributed by atoms with Gasteiger partial charge in [0, 0.05) is 6.92 Å². The van der Waals surface area contributed by atoms with Crippen LogP contribution in [0.1, 0.15) is 17.3 Å². The summed E-state index contributed by atoms with van der Waals surface area (Å²) in [6.07, 6.45) is -5.36. The largest absolute Gasteiger partial charge is 0.478 e. The van der Waals surface area contributed by atoms with E-state index in [-0.39, 0.29) is 11.3 Å². The molecule has 0 unspecified atom stereocenters. The maximum atomic E-state index is 11.3. The number of amides is 1. The second-order valence-electron chi connectivity index (χ2n) is 5.35. The van der Waals surface area contributed by atoms with Crippen molar-refractivity contribution in [2.75, 3.05) is 6.61 Å². The average Bonchev–Trinajstić information content (AvgIpc) is 2.54. The van der Waals surface area contributed by atoms with Gasteiger partial charge < -0.3 is 35.2 Å². The van der Waals surface area contributed by atoms with E-state index in [1.54, 1.807) is 6.07 Å². The lowest BCUT2D eigenvalue weighted by Gasteiger charge is -2.42. The molecule has 1 aromatic rings. The highest BCUT2D eigenvalue weighted by Crippen LogP contribution is 2.26. The van der Waals surface area contributed by atoms with Crippen molar-refractivity contribution in [3.05, 3.63) is 29.8 Å². The molecule has 2 rings (SSSR count). The fourth-order valence-electron chi connectivity index (χ4n) is 2.44. The van der Waals surface area contributed by atoms with Crippen molar-refractivity contribution in [2.45, 2.75) is 37.6 Å². The molecule has 0 bridgehead atoms. The molecule has 24 heavy (non-hydrogen) atoms. The molecule has 0 aromatic heterocycles. The van der Waals surface area contributed by atoms with Gasteiger partial charge in [-0.3, -0.25) is 4.79 Å². The van der Waals surface area contributed by atoms with E-state index in [4.69, 9.17) is 9.47 Å². The molecule has 9 heteroatoms. The normalized spacial score (nSPS) is 29.8. The van der Waals surface area contributed by atoms with E-state index >= 15 is 0 Å². The van der Waals surface area contributed by atoms with Gasteiger partial charge >= 0.3 is 5.97 Å². The Morgan fingerprint density at radius 1 is 1.25 bits per heavy atom. The van der Waals surface area contributed by atoms with Gasteiger partial charge in [-0.15, -0.1) is 0 Å². The Hall–Kier alpha value is -2.20. The number of carboxylic acids is 1. The number of rotatable bonds is 5. The van der Waals surface area contributed by atoms with Crippen molar-refractivity contribution in [3.63, 3.8) is 0 Å². The number of para-hydroxylation sites is 1. The molecular formula is C15H19NO8. The highest BCUT2D eigenvalue weighted by Gasteiger charge is 2.46. The Labute approximate surface area is 137 Å². The van der Waals surface area contributed by atoms with Crippen LogP contribution in [-0.4, -0.2) is 69.6 Å². The molecule has 0 aliphatic carbocycles. The summed E-state index contributed by atoms with van der Waals surface area (Å²) in [5.74, 6) is -1.76. The van der Waals surface area contributed by atoms with E-state index < -0.39 is 49.1 Å². The summed E-state index contributed by atoms with van der Waals surface area (Å²) >= 11 is 0. The number of aromatic carboxylic acids is 1. The van der Waals surface area contributed by atoms with Gasteiger partial charge in [0.15, 0.2) is 0 Å². The summed E-state index contributed by atoms with van der Waals surface area (Å²) in [5, 5.41) is 40.9. The Morgan fingerprint density at radius 2 is 1.92 bits per heavy atom. The van der Waals surface area contributed by atoms with Crippen LogP contribution in [0.5, 0.6) is 5.75 Å². The summed E-state index contributed by atoms with van der Waals surface area (Å²) in [6, 6.07) is 4.62. The molecule has 1 aliphatic heterocycles. The number of ether oxygens (including phenoxy) is 2.